The highest BCUT2D eigenvalue weighted by Crippen LogP contribution is 2.26. The van der Waals surface area contributed by atoms with E-state index in [1.165, 1.54) is 35.2 Å². The minimum Gasteiger partial charge on any atom is -0.351 e. The number of carbonyl (C=O) groups is 1. The molecule has 9 heteroatoms. The zero-order valence-corrected chi connectivity index (χ0v) is 16.6. The number of aromatic nitrogens is 1. The van der Waals surface area contributed by atoms with Gasteiger partial charge in [0.1, 0.15) is 10.8 Å². The lowest BCUT2D eigenvalue weighted by atomic mass is 10.2. The number of sulfone groups is 1. The van der Waals surface area contributed by atoms with Gasteiger partial charge in [-0.1, -0.05) is 0 Å². The summed E-state index contributed by atoms with van der Waals surface area (Å²) in [5.41, 5.74) is 1.73. The minimum atomic E-state index is -3.00. The summed E-state index contributed by atoms with van der Waals surface area (Å²) in [7, 11) is -3.00. The number of nitrogens with zero attached hydrogens (tertiary/aromatic N) is 1. The van der Waals surface area contributed by atoms with Crippen molar-refractivity contribution in [2.45, 2.75) is 30.4 Å². The maximum atomic E-state index is 13.0. The van der Waals surface area contributed by atoms with E-state index in [1.54, 1.807) is 19.1 Å². The predicted molar refractivity (Wildman–Crippen MR) is 103 cm³/mol. The Balaban J connectivity index is 1.51. The summed E-state index contributed by atoms with van der Waals surface area (Å²) in [5, 5.41) is 5.26. The number of amides is 1. The topological polar surface area (TPSA) is 76.1 Å². The number of hydrogen-bond donors (Lipinski definition) is 1. The molecule has 140 valence electrons. The van der Waals surface area contributed by atoms with Crippen LogP contribution in [0.2, 0.25) is 0 Å². The first-order valence-corrected chi connectivity index (χ1v) is 11.9. The van der Waals surface area contributed by atoms with Gasteiger partial charge >= 0.3 is 0 Å². The van der Waals surface area contributed by atoms with Crippen LogP contribution in [0.4, 0.5) is 4.39 Å². The molecule has 1 aliphatic rings. The number of thiazole rings is 1. The summed E-state index contributed by atoms with van der Waals surface area (Å²) < 4.78 is 35.9. The molecule has 1 amide bonds. The smallest absolute Gasteiger partial charge is 0.233 e. The molecule has 1 aromatic heterocycles. The molecule has 0 saturated carbocycles. The van der Waals surface area contributed by atoms with E-state index < -0.39 is 9.84 Å². The lowest BCUT2D eigenvalue weighted by Crippen LogP contribution is -2.40. The zero-order chi connectivity index (χ0) is 18.7. The Labute approximate surface area is 160 Å². The van der Waals surface area contributed by atoms with Crippen LogP contribution < -0.4 is 5.32 Å². The van der Waals surface area contributed by atoms with E-state index in [0.717, 1.165) is 16.3 Å². The summed E-state index contributed by atoms with van der Waals surface area (Å²) in [4.78, 5) is 16.7. The van der Waals surface area contributed by atoms with Crippen molar-refractivity contribution in [3.8, 4) is 10.6 Å². The molecule has 26 heavy (non-hydrogen) atoms. The maximum absolute atomic E-state index is 13.0. The molecule has 2 aromatic rings. The van der Waals surface area contributed by atoms with E-state index in [1.807, 2.05) is 5.38 Å². The van der Waals surface area contributed by atoms with Crippen LogP contribution in [0.5, 0.6) is 0 Å². The highest BCUT2D eigenvalue weighted by molar-refractivity contribution is 7.99. The Bertz CT molecular complexity index is 881. The molecule has 1 saturated heterocycles. The van der Waals surface area contributed by atoms with Gasteiger partial charge in [0.25, 0.3) is 0 Å². The average molecular weight is 415 g/mol. The molecule has 0 radical (unpaired) electrons. The SMILES string of the molecule is C[C@@H](SCc1csc(-c2ccc(F)cc2)n1)C(=O)N[C@H]1CCS(=O)(=O)C1. The Morgan fingerprint density at radius 1 is 1.42 bits per heavy atom. The van der Waals surface area contributed by atoms with E-state index in [2.05, 4.69) is 10.3 Å². The number of benzene rings is 1. The monoisotopic (exact) mass is 414 g/mol. The Hall–Kier alpha value is -1.45. The molecule has 2 heterocycles. The average Bonchev–Trinajstić information content (AvgIpc) is 3.19. The first-order valence-electron chi connectivity index (χ1n) is 8.15. The van der Waals surface area contributed by atoms with Gasteiger partial charge in [-0.3, -0.25) is 4.79 Å². The predicted octanol–water partition coefficient (Wildman–Crippen LogP) is 2.87. The summed E-state index contributed by atoms with van der Waals surface area (Å²) in [6, 6.07) is 5.91. The van der Waals surface area contributed by atoms with Gasteiger partial charge < -0.3 is 5.32 Å². The fourth-order valence-corrected chi connectivity index (χ4v) is 6.00. The molecule has 0 aliphatic carbocycles. The van der Waals surface area contributed by atoms with Gasteiger partial charge in [0, 0.05) is 22.7 Å². The van der Waals surface area contributed by atoms with E-state index >= 15 is 0 Å². The summed E-state index contributed by atoms with van der Waals surface area (Å²) in [5.74, 6) is 0.324. The van der Waals surface area contributed by atoms with Crippen LogP contribution in [0, 0.1) is 5.82 Å². The molecule has 0 bridgehead atoms. The highest BCUT2D eigenvalue weighted by Gasteiger charge is 2.30. The van der Waals surface area contributed by atoms with Crippen molar-refractivity contribution in [3.63, 3.8) is 0 Å². The van der Waals surface area contributed by atoms with Gasteiger partial charge in [0.15, 0.2) is 9.84 Å². The van der Waals surface area contributed by atoms with Crippen molar-refractivity contribution >= 4 is 38.8 Å². The van der Waals surface area contributed by atoms with Crippen molar-refractivity contribution in [1.82, 2.24) is 10.3 Å². The molecule has 1 N–H and O–H groups in total. The van der Waals surface area contributed by atoms with Crippen LogP contribution in [0.1, 0.15) is 19.0 Å². The summed E-state index contributed by atoms with van der Waals surface area (Å²) >= 11 is 2.93. The number of hydrogen-bond acceptors (Lipinski definition) is 6. The number of rotatable bonds is 6. The van der Waals surface area contributed by atoms with Gasteiger partial charge in [0.05, 0.1) is 22.4 Å². The molecule has 1 aromatic carbocycles. The van der Waals surface area contributed by atoms with E-state index in [0.29, 0.717) is 12.2 Å². The third-order valence-corrected chi connectivity index (χ3v) is 7.96. The van der Waals surface area contributed by atoms with Gasteiger partial charge in [-0.25, -0.2) is 17.8 Å². The zero-order valence-electron chi connectivity index (χ0n) is 14.1. The van der Waals surface area contributed by atoms with Crippen molar-refractivity contribution in [2.75, 3.05) is 11.5 Å². The van der Waals surface area contributed by atoms with Crippen molar-refractivity contribution in [2.24, 2.45) is 0 Å². The fraction of sp³-hybridized carbons (Fsp3) is 0.412. The van der Waals surface area contributed by atoms with Crippen molar-refractivity contribution in [3.05, 3.63) is 41.2 Å². The normalized spacial score (nSPS) is 20.0. The van der Waals surface area contributed by atoms with Gasteiger partial charge in [-0.15, -0.1) is 23.1 Å². The van der Waals surface area contributed by atoms with Crippen LogP contribution in [-0.2, 0) is 20.4 Å². The molecule has 0 unspecified atom stereocenters. The third kappa shape index (κ3) is 5.05. The lowest BCUT2D eigenvalue weighted by molar-refractivity contribution is -0.120. The van der Waals surface area contributed by atoms with E-state index in [-0.39, 0.29) is 34.5 Å². The maximum Gasteiger partial charge on any atom is 0.233 e. The van der Waals surface area contributed by atoms with Crippen LogP contribution >= 0.6 is 23.1 Å². The van der Waals surface area contributed by atoms with E-state index in [4.69, 9.17) is 0 Å². The standard InChI is InChI=1S/C17H19FN2O3S3/c1-11(16(21)19-14-6-7-26(22,23)10-14)24-8-15-9-25-17(20-15)12-2-4-13(18)5-3-12/h2-5,9,11,14H,6-8,10H2,1H3,(H,19,21)/t11-,14+/m1/s1. The second kappa shape index (κ2) is 8.06. The molecule has 1 aliphatic heterocycles. The first kappa shape index (κ1) is 19.3. The van der Waals surface area contributed by atoms with Crippen LogP contribution in [0.25, 0.3) is 10.6 Å². The molecule has 5 nitrogen and oxygen atoms in total. The number of carbonyl (C=O) groups excluding carboxylic acids is 1. The van der Waals surface area contributed by atoms with E-state index in [9.17, 15) is 17.6 Å². The molecular weight excluding hydrogens is 395 g/mol. The van der Waals surface area contributed by atoms with Crippen LogP contribution in [0.3, 0.4) is 0 Å². The molecule has 2 atom stereocenters. The van der Waals surface area contributed by atoms with Gasteiger partial charge in [-0.2, -0.15) is 0 Å². The number of nitrogens with one attached hydrogen (secondary N) is 1. The Morgan fingerprint density at radius 2 is 2.15 bits per heavy atom. The first-order chi connectivity index (χ1) is 12.3. The second-order valence-corrected chi connectivity index (χ2v) is 10.6. The van der Waals surface area contributed by atoms with Crippen LogP contribution in [0.15, 0.2) is 29.6 Å². The lowest BCUT2D eigenvalue weighted by Gasteiger charge is -2.15. The molecule has 3 rings (SSSR count). The number of halogens is 1. The van der Waals surface area contributed by atoms with Crippen molar-refractivity contribution < 1.29 is 17.6 Å². The van der Waals surface area contributed by atoms with Crippen molar-refractivity contribution in [1.29, 1.82) is 0 Å². The summed E-state index contributed by atoms with van der Waals surface area (Å²) in [6.45, 7) is 1.80. The molecule has 0 spiro atoms. The largest absolute Gasteiger partial charge is 0.351 e. The quantitative estimate of drug-likeness (QED) is 0.787. The molecule has 1 fully saturated rings. The Kier molecular flexibility index (Phi) is 5.99. The fourth-order valence-electron chi connectivity index (χ4n) is 2.61. The van der Waals surface area contributed by atoms with Gasteiger partial charge in [0.2, 0.25) is 5.91 Å². The van der Waals surface area contributed by atoms with Crippen LogP contribution in [-0.4, -0.2) is 42.1 Å². The van der Waals surface area contributed by atoms with Gasteiger partial charge in [-0.05, 0) is 37.6 Å². The second-order valence-electron chi connectivity index (χ2n) is 6.21. The minimum absolute atomic E-state index is 0.0310. The third-order valence-electron chi connectivity index (χ3n) is 4.07. The highest BCUT2D eigenvalue weighted by atomic mass is 32.2. The molecular formula is C17H19FN2O3S3. The summed E-state index contributed by atoms with van der Waals surface area (Å²) in [6.07, 6.45) is 0.485. The number of thioether (sulfide) groups is 1. The Morgan fingerprint density at radius 3 is 2.81 bits per heavy atom.